The topological polar surface area (TPSA) is 87.7 Å². The fourth-order valence-corrected chi connectivity index (χ4v) is 2.86. The maximum Gasteiger partial charge on any atom is 0.269 e. The third-order valence-electron chi connectivity index (χ3n) is 4.04. The van der Waals surface area contributed by atoms with Crippen LogP contribution in [0.1, 0.15) is 45.7 Å². The minimum atomic E-state index is -0.203. The lowest BCUT2D eigenvalue weighted by molar-refractivity contribution is 0.0958. The highest BCUT2D eigenvalue weighted by Gasteiger charge is 2.18. The highest BCUT2D eigenvalue weighted by atomic mass is 16.1. The van der Waals surface area contributed by atoms with E-state index < -0.39 is 0 Å². The Kier molecular flexibility index (Phi) is 4.00. The maximum absolute atomic E-state index is 11.8. The van der Waals surface area contributed by atoms with Crippen molar-refractivity contribution in [3.8, 4) is 0 Å². The zero-order valence-corrected chi connectivity index (χ0v) is 12.5. The van der Waals surface area contributed by atoms with Crippen LogP contribution in [0.3, 0.4) is 0 Å². The van der Waals surface area contributed by atoms with Crippen LogP contribution in [0.4, 0.5) is 0 Å². The zero-order valence-electron chi connectivity index (χ0n) is 12.5. The van der Waals surface area contributed by atoms with Gasteiger partial charge in [0.05, 0.1) is 5.69 Å². The van der Waals surface area contributed by atoms with Gasteiger partial charge in [-0.3, -0.25) is 14.6 Å². The number of aromatic nitrogens is 3. The number of pyridine rings is 1. The molecule has 2 N–H and O–H groups in total. The van der Waals surface area contributed by atoms with Crippen molar-refractivity contribution in [1.29, 1.82) is 0 Å². The molecule has 0 radical (unpaired) electrons. The molecule has 0 aromatic carbocycles. The van der Waals surface area contributed by atoms with E-state index in [0.29, 0.717) is 12.1 Å². The fourth-order valence-electron chi connectivity index (χ4n) is 2.86. The van der Waals surface area contributed by atoms with E-state index in [0.717, 1.165) is 48.1 Å². The normalized spacial score (nSPS) is 13.5. The van der Waals surface area contributed by atoms with E-state index in [2.05, 4.69) is 20.5 Å². The highest BCUT2D eigenvalue weighted by molar-refractivity contribution is 5.91. The summed E-state index contributed by atoms with van der Waals surface area (Å²) in [5, 5.41) is 9.36. The second-order valence-electron chi connectivity index (χ2n) is 5.47. The maximum atomic E-state index is 11.8. The summed E-state index contributed by atoms with van der Waals surface area (Å²) in [5.41, 5.74) is 4.18. The van der Waals surface area contributed by atoms with Crippen LogP contribution in [-0.4, -0.2) is 28.1 Å². The standard InChI is InChI=1S/C16H18N4O2/c1-17-16(22)13-7-6-10(9-18-13)8-14-11-4-2-3-5-12(11)15(21)20-19-14/h6-7,9H,2-5,8H2,1H3,(H,17,22)(H,20,21). The van der Waals surface area contributed by atoms with Gasteiger partial charge in [-0.05, 0) is 42.9 Å². The van der Waals surface area contributed by atoms with Gasteiger partial charge in [-0.25, -0.2) is 5.10 Å². The Labute approximate surface area is 128 Å². The number of fused-ring (bicyclic) bond motifs is 1. The summed E-state index contributed by atoms with van der Waals surface area (Å²) in [6.45, 7) is 0. The van der Waals surface area contributed by atoms with Crippen LogP contribution in [0, 0.1) is 0 Å². The van der Waals surface area contributed by atoms with Gasteiger partial charge in [-0.15, -0.1) is 0 Å². The van der Waals surface area contributed by atoms with Gasteiger partial charge in [0.2, 0.25) is 0 Å². The Balaban J connectivity index is 1.87. The van der Waals surface area contributed by atoms with Gasteiger partial charge in [0, 0.05) is 25.2 Å². The average molecular weight is 298 g/mol. The summed E-state index contributed by atoms with van der Waals surface area (Å²) in [5.74, 6) is -0.203. The lowest BCUT2D eigenvalue weighted by atomic mass is 9.90. The molecule has 0 saturated carbocycles. The molecule has 0 atom stereocenters. The third kappa shape index (κ3) is 2.77. The third-order valence-corrected chi connectivity index (χ3v) is 4.04. The quantitative estimate of drug-likeness (QED) is 0.884. The van der Waals surface area contributed by atoms with Gasteiger partial charge < -0.3 is 5.32 Å². The largest absolute Gasteiger partial charge is 0.354 e. The number of carbonyl (C=O) groups excluding carboxylic acids is 1. The molecule has 2 heterocycles. The number of amides is 1. The Morgan fingerprint density at radius 1 is 1.27 bits per heavy atom. The minimum Gasteiger partial charge on any atom is -0.354 e. The predicted octanol–water partition coefficient (Wildman–Crippen LogP) is 0.994. The smallest absolute Gasteiger partial charge is 0.269 e. The average Bonchev–Trinajstić information content (AvgIpc) is 2.57. The molecular weight excluding hydrogens is 280 g/mol. The van der Waals surface area contributed by atoms with Gasteiger partial charge in [-0.1, -0.05) is 6.07 Å². The number of nitrogens with one attached hydrogen (secondary N) is 2. The van der Waals surface area contributed by atoms with Crippen LogP contribution in [0.2, 0.25) is 0 Å². The molecule has 0 bridgehead atoms. The fraction of sp³-hybridized carbons (Fsp3) is 0.375. The molecule has 1 aliphatic carbocycles. The van der Waals surface area contributed by atoms with Gasteiger partial charge in [0.25, 0.3) is 11.5 Å². The first-order valence-electron chi connectivity index (χ1n) is 7.45. The molecule has 2 aromatic heterocycles. The van der Waals surface area contributed by atoms with Gasteiger partial charge in [0.15, 0.2) is 0 Å². The van der Waals surface area contributed by atoms with Crippen LogP contribution in [-0.2, 0) is 19.3 Å². The molecule has 6 heteroatoms. The van der Waals surface area contributed by atoms with Crippen molar-refractivity contribution in [2.75, 3.05) is 7.05 Å². The van der Waals surface area contributed by atoms with E-state index in [9.17, 15) is 9.59 Å². The molecule has 0 aliphatic heterocycles. The summed E-state index contributed by atoms with van der Waals surface area (Å²) in [4.78, 5) is 27.5. The number of H-pyrrole nitrogens is 1. The van der Waals surface area contributed by atoms with Gasteiger partial charge in [0.1, 0.15) is 5.69 Å². The number of hydrogen-bond acceptors (Lipinski definition) is 4. The first-order valence-corrected chi connectivity index (χ1v) is 7.45. The van der Waals surface area contributed by atoms with Crippen LogP contribution < -0.4 is 10.9 Å². The Morgan fingerprint density at radius 2 is 2.05 bits per heavy atom. The Hall–Kier alpha value is -2.50. The second-order valence-corrected chi connectivity index (χ2v) is 5.47. The van der Waals surface area contributed by atoms with E-state index in [1.54, 1.807) is 19.3 Å². The number of nitrogens with zero attached hydrogens (tertiary/aromatic N) is 2. The molecule has 1 aliphatic rings. The summed E-state index contributed by atoms with van der Waals surface area (Å²) in [6.07, 6.45) is 6.19. The van der Waals surface area contributed by atoms with Gasteiger partial charge >= 0.3 is 0 Å². The first kappa shape index (κ1) is 14.4. The van der Waals surface area contributed by atoms with Crippen molar-refractivity contribution < 1.29 is 4.79 Å². The van der Waals surface area contributed by atoms with E-state index in [1.807, 2.05) is 6.07 Å². The van der Waals surface area contributed by atoms with Crippen LogP contribution >= 0.6 is 0 Å². The van der Waals surface area contributed by atoms with Crippen molar-refractivity contribution >= 4 is 5.91 Å². The lowest BCUT2D eigenvalue weighted by Gasteiger charge is -2.17. The molecule has 2 aromatic rings. The monoisotopic (exact) mass is 298 g/mol. The second kappa shape index (κ2) is 6.09. The van der Waals surface area contributed by atoms with Crippen molar-refractivity contribution in [3.05, 3.63) is 56.8 Å². The van der Waals surface area contributed by atoms with E-state index in [4.69, 9.17) is 0 Å². The Bertz CT molecular complexity index is 750. The summed E-state index contributed by atoms with van der Waals surface area (Å²) in [6, 6.07) is 3.58. The van der Waals surface area contributed by atoms with Crippen molar-refractivity contribution in [1.82, 2.24) is 20.5 Å². The molecule has 114 valence electrons. The van der Waals surface area contributed by atoms with Crippen molar-refractivity contribution in [2.45, 2.75) is 32.1 Å². The Morgan fingerprint density at radius 3 is 2.73 bits per heavy atom. The lowest BCUT2D eigenvalue weighted by Crippen LogP contribution is -2.23. The molecule has 0 unspecified atom stereocenters. The predicted molar refractivity (Wildman–Crippen MR) is 81.9 cm³/mol. The summed E-state index contributed by atoms with van der Waals surface area (Å²) in [7, 11) is 1.58. The number of carbonyl (C=O) groups is 1. The molecular formula is C16H18N4O2. The summed E-state index contributed by atoms with van der Waals surface area (Å²) < 4.78 is 0. The van der Waals surface area contributed by atoms with E-state index >= 15 is 0 Å². The van der Waals surface area contributed by atoms with Crippen molar-refractivity contribution in [3.63, 3.8) is 0 Å². The number of rotatable bonds is 3. The summed E-state index contributed by atoms with van der Waals surface area (Å²) >= 11 is 0. The molecule has 0 spiro atoms. The van der Waals surface area contributed by atoms with Crippen molar-refractivity contribution in [2.24, 2.45) is 0 Å². The van der Waals surface area contributed by atoms with E-state index in [1.165, 1.54) is 0 Å². The van der Waals surface area contributed by atoms with Gasteiger partial charge in [-0.2, -0.15) is 5.10 Å². The number of aromatic amines is 1. The molecule has 0 fully saturated rings. The molecule has 6 nitrogen and oxygen atoms in total. The first-order chi connectivity index (χ1) is 10.7. The zero-order chi connectivity index (χ0) is 15.5. The van der Waals surface area contributed by atoms with Crippen LogP contribution in [0.15, 0.2) is 23.1 Å². The minimum absolute atomic E-state index is 0.0634. The molecule has 0 saturated heterocycles. The number of hydrogen-bond donors (Lipinski definition) is 2. The molecule has 1 amide bonds. The molecule has 3 rings (SSSR count). The van der Waals surface area contributed by atoms with Crippen LogP contribution in [0.25, 0.3) is 0 Å². The highest BCUT2D eigenvalue weighted by Crippen LogP contribution is 2.21. The van der Waals surface area contributed by atoms with E-state index in [-0.39, 0.29) is 11.5 Å². The van der Waals surface area contributed by atoms with Crippen LogP contribution in [0.5, 0.6) is 0 Å². The molecule has 22 heavy (non-hydrogen) atoms. The SMILES string of the molecule is CNC(=O)c1ccc(Cc2n[nH]c(=O)c3c2CCCC3)cn1.